The van der Waals surface area contributed by atoms with Crippen LogP contribution in [0.4, 0.5) is 0 Å². The predicted molar refractivity (Wildman–Crippen MR) is 154 cm³/mol. The number of ether oxygens (including phenoxy) is 1. The van der Waals surface area contributed by atoms with Crippen molar-refractivity contribution < 1.29 is 23.9 Å². The fourth-order valence-corrected chi connectivity index (χ4v) is 5.35. The number of cyclic esters (lactones) is 1. The first kappa shape index (κ1) is 28.7. The molecule has 1 saturated carbocycles. The maximum atomic E-state index is 13.3. The third kappa shape index (κ3) is 6.27. The smallest absolute Gasteiger partial charge is 0.316 e. The first-order valence-electron chi connectivity index (χ1n) is 14.5. The van der Waals surface area contributed by atoms with E-state index in [1.54, 1.807) is 26.8 Å². The minimum absolute atomic E-state index is 0.0911. The lowest BCUT2D eigenvalue weighted by Crippen LogP contribution is -2.61. The Hall–Kier alpha value is -3.79. The molecule has 2 aliphatic heterocycles. The first-order valence-corrected chi connectivity index (χ1v) is 14.5. The SMILES string of the molecule is C[C@@H]1NC(=O)C(C2CCC2)OC(=O)C(C)(C)/C=C/c2ccc3ccc(nc3c2)[C@@H](C)NC(=O)[C@@H]2CCCN(N2)C1=O. The lowest BCUT2D eigenvalue weighted by atomic mass is 9.80. The van der Waals surface area contributed by atoms with Crippen molar-refractivity contribution in [3.8, 4) is 0 Å². The van der Waals surface area contributed by atoms with Crippen LogP contribution in [-0.4, -0.2) is 58.4 Å². The summed E-state index contributed by atoms with van der Waals surface area (Å²) in [5.74, 6) is -1.67. The van der Waals surface area contributed by atoms with Crippen LogP contribution < -0.4 is 16.1 Å². The van der Waals surface area contributed by atoms with Gasteiger partial charge in [-0.2, -0.15) is 0 Å². The Morgan fingerprint density at radius 3 is 2.39 bits per heavy atom. The van der Waals surface area contributed by atoms with Gasteiger partial charge < -0.3 is 15.4 Å². The summed E-state index contributed by atoms with van der Waals surface area (Å²) >= 11 is 0. The minimum atomic E-state index is -1.00. The van der Waals surface area contributed by atoms with Gasteiger partial charge in [-0.25, -0.2) is 5.43 Å². The van der Waals surface area contributed by atoms with Crippen molar-refractivity contribution >= 4 is 40.7 Å². The Bertz CT molecular complexity index is 1380. The molecule has 2 aromatic rings. The number of fused-ring (bicyclic) bond motifs is 4. The molecular formula is C31H39N5O5. The van der Waals surface area contributed by atoms with E-state index < -0.39 is 35.5 Å². The molecule has 5 bridgehead atoms. The summed E-state index contributed by atoms with van der Waals surface area (Å²) in [5, 5.41) is 8.14. The molecule has 2 fully saturated rings. The van der Waals surface area contributed by atoms with Crippen molar-refractivity contribution in [1.29, 1.82) is 0 Å². The predicted octanol–water partition coefficient (Wildman–Crippen LogP) is 3.18. The van der Waals surface area contributed by atoms with E-state index in [0.29, 0.717) is 25.1 Å². The number of hydrogen-bond donors (Lipinski definition) is 3. The van der Waals surface area contributed by atoms with Crippen LogP contribution in [0.25, 0.3) is 17.0 Å². The molecule has 4 atom stereocenters. The molecule has 1 aliphatic carbocycles. The molecule has 1 unspecified atom stereocenters. The van der Waals surface area contributed by atoms with Crippen LogP contribution in [0.1, 0.15) is 77.1 Å². The van der Waals surface area contributed by atoms with Gasteiger partial charge in [0.05, 0.1) is 22.7 Å². The van der Waals surface area contributed by atoms with E-state index in [0.717, 1.165) is 35.7 Å². The van der Waals surface area contributed by atoms with E-state index in [4.69, 9.17) is 9.72 Å². The number of carbonyl (C=O) groups excluding carboxylic acids is 4. The second-order valence-corrected chi connectivity index (χ2v) is 12.0. The molecule has 3 aliphatic rings. The number of nitrogens with zero attached hydrogens (tertiary/aromatic N) is 2. The van der Waals surface area contributed by atoms with Crippen LogP contribution in [0.2, 0.25) is 0 Å². The van der Waals surface area contributed by atoms with Crippen LogP contribution in [0.15, 0.2) is 36.4 Å². The summed E-state index contributed by atoms with van der Waals surface area (Å²) in [7, 11) is 0. The number of carbonyl (C=O) groups is 4. The number of hydrogen-bond acceptors (Lipinski definition) is 7. The zero-order valence-electron chi connectivity index (χ0n) is 24.1. The molecule has 0 radical (unpaired) electrons. The summed E-state index contributed by atoms with van der Waals surface area (Å²) in [6, 6.07) is 7.88. The number of rotatable bonds is 1. The molecule has 10 heteroatoms. The summed E-state index contributed by atoms with van der Waals surface area (Å²) in [4.78, 5) is 57.9. The zero-order chi connectivity index (χ0) is 29.3. The van der Waals surface area contributed by atoms with Gasteiger partial charge in [0.25, 0.3) is 11.8 Å². The lowest BCUT2D eigenvalue weighted by Gasteiger charge is -2.36. The van der Waals surface area contributed by atoms with Crippen LogP contribution in [0.5, 0.6) is 0 Å². The van der Waals surface area contributed by atoms with E-state index >= 15 is 0 Å². The van der Waals surface area contributed by atoms with Crippen molar-refractivity contribution in [3.63, 3.8) is 0 Å². The highest BCUT2D eigenvalue weighted by molar-refractivity contribution is 5.91. The third-order valence-corrected chi connectivity index (χ3v) is 8.33. The third-order valence-electron chi connectivity index (χ3n) is 8.33. The monoisotopic (exact) mass is 561 g/mol. The fourth-order valence-electron chi connectivity index (χ4n) is 5.35. The van der Waals surface area contributed by atoms with Crippen molar-refractivity contribution in [2.45, 2.75) is 84.0 Å². The molecule has 218 valence electrons. The van der Waals surface area contributed by atoms with Crippen molar-refractivity contribution in [2.24, 2.45) is 11.3 Å². The van der Waals surface area contributed by atoms with Gasteiger partial charge in [-0.3, -0.25) is 29.2 Å². The Balaban J connectivity index is 1.48. The minimum Gasteiger partial charge on any atom is -0.451 e. The number of hydrazine groups is 1. The molecule has 3 heterocycles. The van der Waals surface area contributed by atoms with Crippen molar-refractivity contribution in [3.05, 3.63) is 47.7 Å². The topological polar surface area (TPSA) is 130 Å². The van der Waals surface area contributed by atoms with Crippen molar-refractivity contribution in [2.75, 3.05) is 6.54 Å². The molecule has 1 saturated heterocycles. The zero-order valence-corrected chi connectivity index (χ0v) is 24.1. The van der Waals surface area contributed by atoms with Gasteiger partial charge in [-0.1, -0.05) is 36.8 Å². The van der Waals surface area contributed by atoms with Gasteiger partial charge >= 0.3 is 5.97 Å². The summed E-state index contributed by atoms with van der Waals surface area (Å²) in [5.41, 5.74) is 4.38. The van der Waals surface area contributed by atoms with Crippen molar-refractivity contribution in [1.82, 2.24) is 26.1 Å². The number of benzene rings is 1. The van der Waals surface area contributed by atoms with Crippen LogP contribution in [0.3, 0.4) is 0 Å². The number of aromatic nitrogens is 1. The summed E-state index contributed by atoms with van der Waals surface area (Å²) in [6.45, 7) is 7.40. The van der Waals surface area contributed by atoms with Gasteiger partial charge in [0, 0.05) is 17.8 Å². The highest BCUT2D eigenvalue weighted by atomic mass is 16.5. The van der Waals surface area contributed by atoms with Crippen LogP contribution in [0, 0.1) is 11.3 Å². The van der Waals surface area contributed by atoms with Crippen LogP contribution in [-0.2, 0) is 23.9 Å². The molecule has 3 amide bonds. The molecule has 10 nitrogen and oxygen atoms in total. The summed E-state index contributed by atoms with van der Waals surface area (Å²) < 4.78 is 5.84. The molecular weight excluding hydrogens is 522 g/mol. The quantitative estimate of drug-likeness (QED) is 0.456. The Morgan fingerprint density at radius 2 is 1.66 bits per heavy atom. The van der Waals surface area contributed by atoms with E-state index in [1.807, 2.05) is 43.3 Å². The fraction of sp³-hybridized carbons (Fsp3) is 0.516. The Morgan fingerprint density at radius 1 is 0.927 bits per heavy atom. The van der Waals surface area contributed by atoms with E-state index in [9.17, 15) is 19.2 Å². The first-order chi connectivity index (χ1) is 19.5. The van der Waals surface area contributed by atoms with Gasteiger partial charge in [0.2, 0.25) is 5.91 Å². The summed E-state index contributed by atoms with van der Waals surface area (Å²) in [6.07, 6.45) is 6.35. The normalized spacial score (nSPS) is 28.8. The van der Waals surface area contributed by atoms with E-state index in [-0.39, 0.29) is 23.8 Å². The number of amides is 3. The highest BCUT2D eigenvalue weighted by Crippen LogP contribution is 2.33. The Kier molecular flexibility index (Phi) is 8.13. The number of esters is 1. The average molecular weight is 562 g/mol. The number of pyridine rings is 1. The van der Waals surface area contributed by atoms with Gasteiger partial charge in [0.15, 0.2) is 6.10 Å². The molecule has 3 N–H and O–H groups in total. The van der Waals surface area contributed by atoms with Gasteiger partial charge in [-0.05, 0) is 71.1 Å². The second-order valence-electron chi connectivity index (χ2n) is 12.0. The highest BCUT2D eigenvalue weighted by Gasteiger charge is 2.40. The van der Waals surface area contributed by atoms with Crippen LogP contribution >= 0.6 is 0 Å². The second kappa shape index (κ2) is 11.6. The van der Waals surface area contributed by atoms with E-state index in [2.05, 4.69) is 16.1 Å². The van der Waals surface area contributed by atoms with Gasteiger partial charge in [0.1, 0.15) is 12.1 Å². The molecule has 1 aromatic heterocycles. The standard InChI is InChI=1S/C31H39N5O5/c1-18-23-13-12-21-11-10-20(17-25(21)34-23)14-15-31(3,4)30(40)41-26(22-7-5-8-22)28(38)33-19(2)29(39)36-16-6-9-24(35-36)27(37)32-18/h10-15,17-19,22,24,26,35H,5-9,16H2,1-4H3,(H,32,37)(H,33,38)/b15-14+/t18-,19+,24+,26?/m1/s1. The average Bonchev–Trinajstić information content (AvgIpc) is 2.93. The maximum absolute atomic E-state index is 13.3. The van der Waals surface area contributed by atoms with Gasteiger partial charge in [-0.15, -0.1) is 0 Å². The Labute approximate surface area is 240 Å². The molecule has 1 aromatic carbocycles. The molecule has 5 rings (SSSR count). The molecule has 0 spiro atoms. The number of nitrogens with one attached hydrogen (secondary N) is 3. The maximum Gasteiger partial charge on any atom is 0.316 e. The lowest BCUT2D eigenvalue weighted by molar-refractivity contribution is -0.168. The van der Waals surface area contributed by atoms with E-state index in [1.165, 1.54) is 5.01 Å². The molecule has 41 heavy (non-hydrogen) atoms. The largest absolute Gasteiger partial charge is 0.451 e.